The third-order valence-corrected chi connectivity index (χ3v) is 7.38. The summed E-state index contributed by atoms with van der Waals surface area (Å²) in [5, 5.41) is 3.13. The number of hydrogen-bond acceptors (Lipinski definition) is 6. The smallest absolute Gasteiger partial charge is 0.271 e. The van der Waals surface area contributed by atoms with Crippen LogP contribution in [0.1, 0.15) is 43.1 Å². The molecule has 1 aromatic heterocycles. The SMILES string of the molecule is CCS(=O)(=O)N1CCC(CNC(=O)c2nc(N3CCCC3)ncc2Cl)CC1. The van der Waals surface area contributed by atoms with Gasteiger partial charge in [0.2, 0.25) is 16.0 Å². The lowest BCUT2D eigenvalue weighted by Crippen LogP contribution is -2.42. The fourth-order valence-electron chi connectivity index (χ4n) is 3.48. The zero-order valence-corrected chi connectivity index (χ0v) is 17.1. The fraction of sp³-hybridized carbons (Fsp3) is 0.706. The first-order valence-corrected chi connectivity index (χ1v) is 11.4. The van der Waals surface area contributed by atoms with Crippen LogP contribution in [0.15, 0.2) is 6.20 Å². The van der Waals surface area contributed by atoms with E-state index in [1.54, 1.807) is 6.92 Å². The second kappa shape index (κ2) is 8.70. The van der Waals surface area contributed by atoms with Gasteiger partial charge in [-0.1, -0.05) is 11.6 Å². The van der Waals surface area contributed by atoms with Gasteiger partial charge in [-0.3, -0.25) is 4.79 Å². The zero-order valence-electron chi connectivity index (χ0n) is 15.5. The Morgan fingerprint density at radius 2 is 1.93 bits per heavy atom. The van der Waals surface area contributed by atoms with E-state index in [-0.39, 0.29) is 28.3 Å². The minimum Gasteiger partial charge on any atom is -0.350 e. The largest absolute Gasteiger partial charge is 0.350 e. The van der Waals surface area contributed by atoms with Crippen molar-refractivity contribution in [3.05, 3.63) is 16.9 Å². The van der Waals surface area contributed by atoms with Gasteiger partial charge in [-0.2, -0.15) is 0 Å². The normalized spacial score (nSPS) is 19.4. The Hall–Kier alpha value is -1.45. The van der Waals surface area contributed by atoms with E-state index in [1.165, 1.54) is 10.5 Å². The van der Waals surface area contributed by atoms with Crippen molar-refractivity contribution in [1.29, 1.82) is 0 Å². The quantitative estimate of drug-likeness (QED) is 0.756. The lowest BCUT2D eigenvalue weighted by Gasteiger charge is -2.31. The summed E-state index contributed by atoms with van der Waals surface area (Å²) in [6.07, 6.45) is 5.14. The van der Waals surface area contributed by atoms with Gasteiger partial charge in [-0.25, -0.2) is 22.7 Å². The molecule has 0 spiro atoms. The third-order valence-electron chi connectivity index (χ3n) is 5.22. The number of nitrogens with one attached hydrogen (secondary N) is 1. The summed E-state index contributed by atoms with van der Waals surface area (Å²) >= 11 is 6.13. The number of piperidine rings is 1. The average molecular weight is 416 g/mol. The van der Waals surface area contributed by atoms with E-state index in [1.807, 2.05) is 0 Å². The maximum Gasteiger partial charge on any atom is 0.271 e. The van der Waals surface area contributed by atoms with Crippen LogP contribution < -0.4 is 10.2 Å². The lowest BCUT2D eigenvalue weighted by molar-refractivity contribution is 0.0936. The molecule has 2 saturated heterocycles. The molecule has 0 atom stereocenters. The van der Waals surface area contributed by atoms with Crippen LogP contribution in [0.3, 0.4) is 0 Å². The Morgan fingerprint density at radius 3 is 2.56 bits per heavy atom. The number of anilines is 1. The lowest BCUT2D eigenvalue weighted by atomic mass is 9.98. The molecule has 0 unspecified atom stereocenters. The van der Waals surface area contributed by atoms with Crippen molar-refractivity contribution >= 4 is 33.5 Å². The molecule has 1 amide bonds. The summed E-state index contributed by atoms with van der Waals surface area (Å²) < 4.78 is 25.4. The van der Waals surface area contributed by atoms with Crippen LogP contribution in [0.2, 0.25) is 5.02 Å². The van der Waals surface area contributed by atoms with E-state index in [2.05, 4.69) is 20.2 Å². The molecule has 2 aliphatic heterocycles. The second-order valence-corrected chi connectivity index (χ2v) is 9.68. The van der Waals surface area contributed by atoms with Gasteiger partial charge in [-0.05, 0) is 38.5 Å². The maximum atomic E-state index is 12.5. The first-order chi connectivity index (χ1) is 12.9. The molecular weight excluding hydrogens is 390 g/mol. The second-order valence-electron chi connectivity index (χ2n) is 7.01. The Labute approximate surface area is 165 Å². The molecular formula is C17H26ClN5O3S. The average Bonchev–Trinajstić information content (AvgIpc) is 3.21. The van der Waals surface area contributed by atoms with Crippen LogP contribution in [0.5, 0.6) is 0 Å². The Morgan fingerprint density at radius 1 is 1.26 bits per heavy atom. The van der Waals surface area contributed by atoms with Crippen LogP contribution in [0.4, 0.5) is 5.95 Å². The van der Waals surface area contributed by atoms with E-state index in [0.717, 1.165) is 38.8 Å². The zero-order chi connectivity index (χ0) is 19.4. The van der Waals surface area contributed by atoms with Crippen molar-refractivity contribution in [3.63, 3.8) is 0 Å². The molecule has 10 heteroatoms. The summed E-state index contributed by atoms with van der Waals surface area (Å²) in [4.78, 5) is 23.2. The number of nitrogens with zero attached hydrogens (tertiary/aromatic N) is 4. The van der Waals surface area contributed by atoms with Gasteiger partial charge in [0.25, 0.3) is 5.91 Å². The van der Waals surface area contributed by atoms with Gasteiger partial charge in [-0.15, -0.1) is 0 Å². The van der Waals surface area contributed by atoms with Gasteiger partial charge in [0, 0.05) is 32.7 Å². The van der Waals surface area contributed by atoms with E-state index >= 15 is 0 Å². The summed E-state index contributed by atoms with van der Waals surface area (Å²) in [5.74, 6) is 0.600. The maximum absolute atomic E-state index is 12.5. The molecule has 3 heterocycles. The van der Waals surface area contributed by atoms with Crippen LogP contribution in [-0.4, -0.2) is 67.1 Å². The highest BCUT2D eigenvalue weighted by Gasteiger charge is 2.27. The number of halogens is 1. The number of aromatic nitrogens is 2. The topological polar surface area (TPSA) is 95.5 Å². The monoisotopic (exact) mass is 415 g/mol. The third kappa shape index (κ3) is 4.89. The van der Waals surface area contributed by atoms with Crippen molar-refractivity contribution in [3.8, 4) is 0 Å². The molecule has 0 aliphatic carbocycles. The highest BCUT2D eigenvalue weighted by atomic mass is 35.5. The van der Waals surface area contributed by atoms with Gasteiger partial charge >= 0.3 is 0 Å². The molecule has 2 aliphatic rings. The van der Waals surface area contributed by atoms with E-state index < -0.39 is 10.0 Å². The number of carbonyl (C=O) groups is 1. The van der Waals surface area contributed by atoms with Crippen molar-refractivity contribution in [2.75, 3.05) is 43.4 Å². The Bertz CT molecular complexity index is 775. The van der Waals surface area contributed by atoms with Crippen molar-refractivity contribution in [1.82, 2.24) is 19.6 Å². The molecule has 2 fully saturated rings. The summed E-state index contributed by atoms with van der Waals surface area (Å²) in [7, 11) is -3.13. The molecule has 150 valence electrons. The van der Waals surface area contributed by atoms with Gasteiger partial charge in [0.1, 0.15) is 0 Å². The Kier molecular flexibility index (Phi) is 6.54. The first kappa shape index (κ1) is 20.3. The van der Waals surface area contributed by atoms with E-state index in [9.17, 15) is 13.2 Å². The number of rotatable bonds is 6. The van der Waals surface area contributed by atoms with Gasteiger partial charge in [0.05, 0.1) is 17.0 Å². The minimum atomic E-state index is -3.13. The predicted molar refractivity (Wildman–Crippen MR) is 105 cm³/mol. The predicted octanol–water partition coefficient (Wildman–Crippen LogP) is 1.52. The molecule has 1 aromatic rings. The number of hydrogen-bond donors (Lipinski definition) is 1. The molecule has 8 nitrogen and oxygen atoms in total. The molecule has 0 aromatic carbocycles. The van der Waals surface area contributed by atoms with Crippen molar-refractivity contribution in [2.24, 2.45) is 5.92 Å². The van der Waals surface area contributed by atoms with Crippen LogP contribution in [0.25, 0.3) is 0 Å². The highest BCUT2D eigenvalue weighted by molar-refractivity contribution is 7.89. The Balaban J connectivity index is 1.55. The molecule has 1 N–H and O–H groups in total. The first-order valence-electron chi connectivity index (χ1n) is 9.44. The summed E-state index contributed by atoms with van der Waals surface area (Å²) in [6, 6.07) is 0. The highest BCUT2D eigenvalue weighted by Crippen LogP contribution is 2.21. The summed E-state index contributed by atoms with van der Waals surface area (Å²) in [5.41, 5.74) is 0.194. The minimum absolute atomic E-state index is 0.125. The van der Waals surface area contributed by atoms with Gasteiger partial charge in [0.15, 0.2) is 5.69 Å². The molecule has 0 saturated carbocycles. The van der Waals surface area contributed by atoms with Crippen LogP contribution in [0, 0.1) is 5.92 Å². The fourth-order valence-corrected chi connectivity index (χ4v) is 4.79. The van der Waals surface area contributed by atoms with Gasteiger partial charge < -0.3 is 10.2 Å². The number of amides is 1. The molecule has 0 radical (unpaired) electrons. The number of sulfonamides is 1. The number of carbonyl (C=O) groups excluding carboxylic acids is 1. The van der Waals surface area contributed by atoms with E-state index in [0.29, 0.717) is 25.6 Å². The van der Waals surface area contributed by atoms with Crippen LogP contribution >= 0.6 is 11.6 Å². The van der Waals surface area contributed by atoms with Crippen LogP contribution in [-0.2, 0) is 10.0 Å². The van der Waals surface area contributed by atoms with E-state index in [4.69, 9.17) is 11.6 Å². The van der Waals surface area contributed by atoms with Crippen molar-refractivity contribution in [2.45, 2.75) is 32.6 Å². The molecule has 27 heavy (non-hydrogen) atoms. The standard InChI is InChI=1S/C17H26ClN5O3S/c1-2-27(25,26)23-9-5-13(6-10-23)11-19-16(24)15-14(18)12-20-17(21-15)22-7-3-4-8-22/h12-13H,2-11H2,1H3,(H,19,24). The van der Waals surface area contributed by atoms with Crippen molar-refractivity contribution < 1.29 is 13.2 Å². The molecule has 3 rings (SSSR count). The summed E-state index contributed by atoms with van der Waals surface area (Å²) in [6.45, 7) is 4.93. The molecule has 0 bridgehead atoms.